The van der Waals surface area contributed by atoms with Crippen LogP contribution in [0.4, 0.5) is 0 Å². The highest BCUT2D eigenvalue weighted by Gasteiger charge is 2.31. The lowest BCUT2D eigenvalue weighted by Crippen LogP contribution is -2.21. The fraction of sp³-hybridized carbons (Fsp3) is 0.273. The van der Waals surface area contributed by atoms with Crippen molar-refractivity contribution in [1.29, 1.82) is 0 Å². The maximum atomic E-state index is 12.8. The summed E-state index contributed by atoms with van der Waals surface area (Å²) in [4.78, 5) is 21.8. The van der Waals surface area contributed by atoms with Gasteiger partial charge in [0.05, 0.1) is 17.0 Å². The average molecular weight is 358 g/mol. The van der Waals surface area contributed by atoms with E-state index in [-0.39, 0.29) is 11.7 Å². The molecule has 0 saturated carbocycles. The summed E-state index contributed by atoms with van der Waals surface area (Å²) < 4.78 is 1.76. The Morgan fingerprint density at radius 3 is 2.44 bits per heavy atom. The average Bonchev–Trinajstić information content (AvgIpc) is 2.97. The maximum absolute atomic E-state index is 12.8. The van der Waals surface area contributed by atoms with E-state index in [1.54, 1.807) is 4.68 Å². The molecule has 2 aromatic heterocycles. The van der Waals surface area contributed by atoms with Crippen LogP contribution in [0, 0.1) is 26.7 Å². The lowest BCUT2D eigenvalue weighted by Gasteiger charge is -2.20. The second-order valence-corrected chi connectivity index (χ2v) is 7.13. The fourth-order valence-corrected chi connectivity index (χ4v) is 3.70. The molecular weight excluding hydrogens is 336 g/mol. The fourth-order valence-electron chi connectivity index (χ4n) is 3.70. The number of aromatic nitrogens is 4. The summed E-state index contributed by atoms with van der Waals surface area (Å²) in [6, 6.07) is 12.1. The van der Waals surface area contributed by atoms with Crippen molar-refractivity contribution in [2.45, 2.75) is 33.6 Å². The summed E-state index contributed by atoms with van der Waals surface area (Å²) in [5.74, 6) is 0.829. The van der Waals surface area contributed by atoms with Crippen LogP contribution in [-0.4, -0.2) is 25.5 Å². The Balaban J connectivity index is 1.71. The molecule has 0 aliphatic heterocycles. The van der Waals surface area contributed by atoms with Crippen molar-refractivity contribution in [2.75, 3.05) is 0 Å². The number of carbonyl (C=O) groups excluding carboxylic acids is 1. The molecule has 1 aromatic carbocycles. The van der Waals surface area contributed by atoms with Gasteiger partial charge in [0.2, 0.25) is 0 Å². The normalized spacial score (nSPS) is 16.7. The summed E-state index contributed by atoms with van der Waals surface area (Å²) in [7, 11) is 0. The molecule has 0 amide bonds. The largest absolute Gasteiger partial charge is 0.294 e. The van der Waals surface area contributed by atoms with Crippen molar-refractivity contribution in [2.24, 2.45) is 5.92 Å². The molecule has 0 saturated heterocycles. The van der Waals surface area contributed by atoms with Gasteiger partial charge >= 0.3 is 0 Å². The van der Waals surface area contributed by atoms with Crippen LogP contribution >= 0.6 is 0 Å². The lowest BCUT2D eigenvalue weighted by atomic mass is 9.85. The molecule has 0 fully saturated rings. The van der Waals surface area contributed by atoms with E-state index in [0.717, 1.165) is 40.3 Å². The van der Waals surface area contributed by atoms with Crippen LogP contribution < -0.4 is 0 Å². The second-order valence-electron chi connectivity index (χ2n) is 7.13. The number of Topliss-reactive ketones (excluding diaryl/α,β-unsaturated/α-hetero) is 1. The number of allylic oxidation sites excluding steroid dienone is 1. The van der Waals surface area contributed by atoms with Gasteiger partial charge in [-0.15, -0.1) is 0 Å². The molecule has 136 valence electrons. The number of rotatable bonds is 3. The molecule has 0 radical (unpaired) electrons. The van der Waals surface area contributed by atoms with E-state index in [1.807, 2.05) is 45.0 Å². The Hall–Kier alpha value is -3.08. The maximum Gasteiger partial charge on any atom is 0.251 e. The molecule has 1 atom stereocenters. The minimum atomic E-state index is 0.144. The molecule has 0 spiro atoms. The first-order valence-corrected chi connectivity index (χ1v) is 9.19. The minimum Gasteiger partial charge on any atom is -0.294 e. The third kappa shape index (κ3) is 3.45. The second kappa shape index (κ2) is 6.91. The predicted octanol–water partition coefficient (Wildman–Crippen LogP) is 4.05. The van der Waals surface area contributed by atoms with Crippen LogP contribution in [0.25, 0.3) is 12.0 Å². The van der Waals surface area contributed by atoms with Gasteiger partial charge in [-0.05, 0) is 44.7 Å². The number of hydrogen-bond acceptors (Lipinski definition) is 4. The van der Waals surface area contributed by atoms with E-state index in [4.69, 9.17) is 0 Å². The van der Waals surface area contributed by atoms with E-state index < -0.39 is 0 Å². The Labute approximate surface area is 158 Å². The molecule has 1 aliphatic carbocycles. The summed E-state index contributed by atoms with van der Waals surface area (Å²) >= 11 is 0. The minimum absolute atomic E-state index is 0.144. The third-order valence-corrected chi connectivity index (χ3v) is 4.86. The van der Waals surface area contributed by atoms with Gasteiger partial charge in [0.1, 0.15) is 0 Å². The van der Waals surface area contributed by atoms with Crippen molar-refractivity contribution in [3.05, 3.63) is 76.4 Å². The van der Waals surface area contributed by atoms with Crippen molar-refractivity contribution in [3.8, 4) is 5.95 Å². The van der Waals surface area contributed by atoms with Crippen LogP contribution in [0.1, 0.15) is 45.1 Å². The van der Waals surface area contributed by atoms with E-state index in [1.165, 1.54) is 0 Å². The summed E-state index contributed by atoms with van der Waals surface area (Å²) in [5.41, 5.74) is 5.32. The number of ketones is 1. The highest BCUT2D eigenvalue weighted by molar-refractivity contribution is 5.99. The Morgan fingerprint density at radius 1 is 1.04 bits per heavy atom. The lowest BCUT2D eigenvalue weighted by molar-refractivity contribution is 0.0958. The molecule has 2 heterocycles. The monoisotopic (exact) mass is 358 g/mol. The van der Waals surface area contributed by atoms with Crippen molar-refractivity contribution in [1.82, 2.24) is 19.7 Å². The smallest absolute Gasteiger partial charge is 0.251 e. The van der Waals surface area contributed by atoms with Gasteiger partial charge in [-0.25, -0.2) is 14.6 Å². The zero-order chi connectivity index (χ0) is 19.0. The number of hydrogen-bond donors (Lipinski definition) is 0. The highest BCUT2D eigenvalue weighted by atomic mass is 16.1. The van der Waals surface area contributed by atoms with Gasteiger partial charge in [-0.1, -0.05) is 42.5 Å². The number of nitrogens with zero attached hydrogens (tertiary/aromatic N) is 4. The van der Waals surface area contributed by atoms with E-state index in [2.05, 4.69) is 39.4 Å². The molecule has 0 unspecified atom stereocenters. The van der Waals surface area contributed by atoms with Crippen LogP contribution in [-0.2, 0) is 6.42 Å². The SMILES string of the molecule is Cc1cc(C)nc(-n2nc(C)c3c2C[C@H](/C=C/c2ccccc2)CC3=O)n1. The van der Waals surface area contributed by atoms with Crippen molar-refractivity contribution < 1.29 is 4.79 Å². The number of benzene rings is 1. The Kier molecular flexibility index (Phi) is 4.44. The highest BCUT2D eigenvalue weighted by Crippen LogP contribution is 2.30. The zero-order valence-electron chi connectivity index (χ0n) is 15.8. The van der Waals surface area contributed by atoms with E-state index >= 15 is 0 Å². The predicted molar refractivity (Wildman–Crippen MR) is 105 cm³/mol. The molecule has 1 aliphatic rings. The zero-order valence-corrected chi connectivity index (χ0v) is 15.8. The van der Waals surface area contributed by atoms with Crippen molar-refractivity contribution in [3.63, 3.8) is 0 Å². The standard InChI is InChI=1S/C22H22N4O/c1-14-11-15(2)24-22(23-14)26-19-12-18(10-9-17-7-5-4-6-8-17)13-20(27)21(19)16(3)25-26/h4-11,18H,12-13H2,1-3H3/b10-9+/t18-/m0/s1. The van der Waals surface area contributed by atoms with Crippen molar-refractivity contribution >= 4 is 11.9 Å². The van der Waals surface area contributed by atoms with Gasteiger partial charge in [0.15, 0.2) is 5.78 Å². The van der Waals surface area contributed by atoms with Gasteiger partial charge in [-0.2, -0.15) is 5.10 Å². The van der Waals surface area contributed by atoms with Crippen LogP contribution in [0.3, 0.4) is 0 Å². The van der Waals surface area contributed by atoms with Crippen LogP contribution in [0.5, 0.6) is 0 Å². The quantitative estimate of drug-likeness (QED) is 0.709. The topological polar surface area (TPSA) is 60.7 Å². The summed E-state index contributed by atoms with van der Waals surface area (Å²) in [6.45, 7) is 5.77. The summed E-state index contributed by atoms with van der Waals surface area (Å²) in [6.07, 6.45) is 5.48. The van der Waals surface area contributed by atoms with Gasteiger partial charge in [0, 0.05) is 17.8 Å². The number of fused-ring (bicyclic) bond motifs is 1. The Morgan fingerprint density at radius 2 is 1.74 bits per heavy atom. The van der Waals surface area contributed by atoms with E-state index in [9.17, 15) is 4.79 Å². The first-order chi connectivity index (χ1) is 13.0. The third-order valence-electron chi connectivity index (χ3n) is 4.86. The van der Waals surface area contributed by atoms with Crippen LogP contribution in [0.2, 0.25) is 0 Å². The molecule has 0 bridgehead atoms. The molecule has 5 heteroatoms. The molecule has 5 nitrogen and oxygen atoms in total. The summed E-state index contributed by atoms with van der Waals surface area (Å²) in [5, 5.41) is 4.59. The molecule has 27 heavy (non-hydrogen) atoms. The van der Waals surface area contributed by atoms with Crippen LogP contribution in [0.15, 0.2) is 42.5 Å². The number of carbonyl (C=O) groups is 1. The number of aryl methyl sites for hydroxylation is 3. The molecule has 3 aromatic rings. The first kappa shape index (κ1) is 17.3. The Bertz CT molecular complexity index is 1010. The van der Waals surface area contributed by atoms with Gasteiger partial charge in [0.25, 0.3) is 5.95 Å². The van der Waals surface area contributed by atoms with Gasteiger partial charge < -0.3 is 0 Å². The van der Waals surface area contributed by atoms with E-state index in [0.29, 0.717) is 12.4 Å². The molecule has 4 rings (SSSR count). The molecule has 0 N–H and O–H groups in total. The van der Waals surface area contributed by atoms with Gasteiger partial charge in [-0.3, -0.25) is 4.79 Å². The molecular formula is C22H22N4O. The first-order valence-electron chi connectivity index (χ1n) is 9.19.